The van der Waals surface area contributed by atoms with Crippen molar-refractivity contribution < 1.29 is 27.5 Å². The van der Waals surface area contributed by atoms with Gasteiger partial charge in [-0.3, -0.25) is 0 Å². The summed E-state index contributed by atoms with van der Waals surface area (Å²) in [5.41, 5.74) is -0.260. The molecule has 0 saturated carbocycles. The number of benzene rings is 1. The molecule has 178 valence electrons. The highest BCUT2D eigenvalue weighted by Gasteiger charge is 2.42. The molecule has 2 rings (SSSR count). The molecule has 11 heteroatoms. The molecule has 0 aliphatic rings. The van der Waals surface area contributed by atoms with E-state index in [9.17, 15) is 23.1 Å². The number of nitrogens with one attached hydrogen (secondary N) is 1. The molecule has 0 aliphatic heterocycles. The number of rotatable bonds is 8. The van der Waals surface area contributed by atoms with Crippen molar-refractivity contribution in [1.29, 1.82) is 0 Å². The lowest BCUT2D eigenvalue weighted by atomic mass is 9.97. The fraction of sp³-hybridized carbons (Fsp3) is 0.524. The predicted molar refractivity (Wildman–Crippen MR) is 126 cm³/mol. The SMILES string of the molecule is CC(C)(C)[Si](C)(C)O[C@@H](c1ccc(C(F)(F)F)cc1)[C@@H](CCc1ncc(Br)s1)NC(=O)O. The lowest BCUT2D eigenvalue weighted by Gasteiger charge is -2.41. The Morgan fingerprint density at radius 3 is 2.28 bits per heavy atom. The van der Waals surface area contributed by atoms with Crippen LogP contribution < -0.4 is 5.32 Å². The van der Waals surface area contributed by atoms with Crippen molar-refractivity contribution in [2.24, 2.45) is 0 Å². The maximum atomic E-state index is 13.1. The number of hydrogen-bond donors (Lipinski definition) is 2. The second-order valence-corrected chi connectivity index (χ2v) is 16.3. The summed E-state index contributed by atoms with van der Waals surface area (Å²) >= 11 is 4.82. The zero-order valence-electron chi connectivity index (χ0n) is 18.6. The van der Waals surface area contributed by atoms with E-state index in [2.05, 4.69) is 47.0 Å². The first-order chi connectivity index (χ1) is 14.6. The number of aryl methyl sites for hydroxylation is 1. The van der Waals surface area contributed by atoms with E-state index in [1.54, 1.807) is 6.20 Å². The third-order valence-corrected chi connectivity index (χ3v) is 11.7. The van der Waals surface area contributed by atoms with Crippen LogP contribution in [0.15, 0.2) is 34.2 Å². The largest absolute Gasteiger partial charge is 0.465 e. The van der Waals surface area contributed by atoms with Crippen LogP contribution in [0.5, 0.6) is 0 Å². The Labute approximate surface area is 199 Å². The summed E-state index contributed by atoms with van der Waals surface area (Å²) in [7, 11) is -2.39. The lowest BCUT2D eigenvalue weighted by Crippen LogP contribution is -2.48. The normalized spacial score (nSPS) is 14.8. The number of amides is 1. The summed E-state index contributed by atoms with van der Waals surface area (Å²) in [6, 6.07) is 4.09. The molecule has 0 unspecified atom stereocenters. The van der Waals surface area contributed by atoms with E-state index in [0.29, 0.717) is 18.4 Å². The maximum absolute atomic E-state index is 13.1. The Hall–Kier alpha value is -1.43. The van der Waals surface area contributed by atoms with Crippen LogP contribution in [0, 0.1) is 0 Å². The van der Waals surface area contributed by atoms with E-state index in [4.69, 9.17) is 4.43 Å². The number of nitrogens with zero attached hydrogens (tertiary/aromatic N) is 1. The fourth-order valence-electron chi connectivity index (χ4n) is 2.88. The first-order valence-corrected chi connectivity index (χ1v) is 14.6. The van der Waals surface area contributed by atoms with Crippen molar-refractivity contribution in [2.45, 2.75) is 70.1 Å². The maximum Gasteiger partial charge on any atom is 0.416 e. The number of carbonyl (C=O) groups is 1. The van der Waals surface area contributed by atoms with Crippen LogP contribution in [0.3, 0.4) is 0 Å². The third kappa shape index (κ3) is 7.29. The number of aromatic nitrogens is 1. The van der Waals surface area contributed by atoms with Gasteiger partial charge in [-0.15, -0.1) is 11.3 Å². The molecular formula is C21H28BrF3N2O3SSi. The summed E-state index contributed by atoms with van der Waals surface area (Å²) in [6.45, 7) is 10.2. The summed E-state index contributed by atoms with van der Waals surface area (Å²) in [5, 5.41) is 12.6. The fourth-order valence-corrected chi connectivity index (χ4v) is 5.49. The zero-order chi connectivity index (χ0) is 24.3. The molecule has 5 nitrogen and oxygen atoms in total. The summed E-state index contributed by atoms with van der Waals surface area (Å²) in [6.07, 6.45) is -3.85. The standard InChI is InChI=1S/C21H28BrF3N2O3SSi/c1-20(2,3)32(4,5)30-18(13-6-8-14(9-7-13)21(23,24)25)15(27-19(28)29)10-11-17-26-12-16(22)31-17/h6-9,12,15,18,27H,10-11H2,1-5H3,(H,28,29)/t15-,18+/m1/s1. The molecular weight excluding hydrogens is 525 g/mol. The average molecular weight is 554 g/mol. The number of thiazole rings is 1. The van der Waals surface area contributed by atoms with Crippen LogP contribution in [-0.2, 0) is 17.0 Å². The third-order valence-electron chi connectivity index (χ3n) is 5.66. The van der Waals surface area contributed by atoms with Crippen molar-refractivity contribution in [3.8, 4) is 0 Å². The Balaban J connectivity index is 2.42. The highest BCUT2D eigenvalue weighted by molar-refractivity contribution is 9.11. The number of carboxylic acid groups (broad SMARTS) is 1. The Bertz CT molecular complexity index is 914. The molecule has 0 saturated heterocycles. The second kappa shape index (κ2) is 10.2. The molecule has 0 bridgehead atoms. The smallest absolute Gasteiger partial charge is 0.416 e. The van der Waals surface area contributed by atoms with E-state index in [-0.39, 0.29) is 5.04 Å². The van der Waals surface area contributed by atoms with Crippen molar-refractivity contribution in [1.82, 2.24) is 10.3 Å². The number of halogens is 4. The molecule has 32 heavy (non-hydrogen) atoms. The minimum Gasteiger partial charge on any atom is -0.465 e. The van der Waals surface area contributed by atoms with Crippen molar-refractivity contribution >= 4 is 41.7 Å². The van der Waals surface area contributed by atoms with Crippen LogP contribution in [0.4, 0.5) is 18.0 Å². The van der Waals surface area contributed by atoms with Crippen molar-refractivity contribution in [3.63, 3.8) is 0 Å². The van der Waals surface area contributed by atoms with E-state index >= 15 is 0 Å². The van der Waals surface area contributed by atoms with Gasteiger partial charge in [-0.25, -0.2) is 9.78 Å². The topological polar surface area (TPSA) is 71.5 Å². The number of hydrogen-bond acceptors (Lipinski definition) is 4. The van der Waals surface area contributed by atoms with Crippen LogP contribution in [-0.4, -0.2) is 30.5 Å². The predicted octanol–water partition coefficient (Wildman–Crippen LogP) is 7.26. The van der Waals surface area contributed by atoms with E-state index in [1.807, 2.05) is 13.1 Å². The van der Waals surface area contributed by atoms with Crippen molar-refractivity contribution in [3.05, 3.63) is 50.4 Å². The monoisotopic (exact) mass is 552 g/mol. The van der Waals surface area contributed by atoms with Crippen LogP contribution in [0.25, 0.3) is 0 Å². The van der Waals surface area contributed by atoms with Crippen LogP contribution in [0.1, 0.15) is 49.4 Å². The minimum absolute atomic E-state index is 0.175. The molecule has 2 N–H and O–H groups in total. The Kier molecular flexibility index (Phi) is 8.57. The summed E-state index contributed by atoms with van der Waals surface area (Å²) in [4.78, 5) is 15.9. The molecule has 2 atom stereocenters. The van der Waals surface area contributed by atoms with E-state index in [1.165, 1.54) is 23.5 Å². The molecule has 2 aromatic rings. The lowest BCUT2D eigenvalue weighted by molar-refractivity contribution is -0.137. The first kappa shape index (κ1) is 26.8. The zero-order valence-corrected chi connectivity index (χ0v) is 22.0. The Morgan fingerprint density at radius 2 is 1.84 bits per heavy atom. The first-order valence-electron chi connectivity index (χ1n) is 10.0. The van der Waals surface area contributed by atoms with Gasteiger partial charge in [-0.1, -0.05) is 32.9 Å². The van der Waals surface area contributed by atoms with Crippen LogP contribution >= 0.6 is 27.3 Å². The average Bonchev–Trinajstić information content (AvgIpc) is 3.07. The van der Waals surface area contributed by atoms with Gasteiger partial charge in [0.05, 0.1) is 32.7 Å². The van der Waals surface area contributed by atoms with Gasteiger partial charge in [0, 0.05) is 6.42 Å². The van der Waals surface area contributed by atoms with Gasteiger partial charge < -0.3 is 14.8 Å². The van der Waals surface area contributed by atoms with E-state index < -0.39 is 38.3 Å². The minimum atomic E-state index is -4.45. The molecule has 1 aromatic carbocycles. The van der Waals surface area contributed by atoms with Gasteiger partial charge in [0.15, 0.2) is 8.32 Å². The second-order valence-electron chi connectivity index (χ2n) is 9.07. The molecule has 0 spiro atoms. The summed E-state index contributed by atoms with van der Waals surface area (Å²) in [5.74, 6) is 0. The highest BCUT2D eigenvalue weighted by atomic mass is 79.9. The van der Waals surface area contributed by atoms with Gasteiger partial charge >= 0.3 is 12.3 Å². The quantitative estimate of drug-likeness (QED) is 0.338. The molecule has 1 amide bonds. The number of alkyl halides is 3. The van der Waals surface area contributed by atoms with Crippen LogP contribution in [0.2, 0.25) is 18.1 Å². The highest BCUT2D eigenvalue weighted by Crippen LogP contribution is 2.41. The molecule has 1 aromatic heterocycles. The summed E-state index contributed by atoms with van der Waals surface area (Å²) < 4.78 is 46.6. The molecule has 0 radical (unpaired) electrons. The Morgan fingerprint density at radius 1 is 1.25 bits per heavy atom. The van der Waals surface area contributed by atoms with Gasteiger partial charge in [0.1, 0.15) is 0 Å². The van der Waals surface area contributed by atoms with Gasteiger partial charge in [-0.2, -0.15) is 13.2 Å². The van der Waals surface area contributed by atoms with Gasteiger partial charge in [0.25, 0.3) is 0 Å². The van der Waals surface area contributed by atoms with Gasteiger partial charge in [0.2, 0.25) is 0 Å². The molecule has 1 heterocycles. The molecule has 0 fully saturated rings. The van der Waals surface area contributed by atoms with Gasteiger partial charge in [-0.05, 0) is 58.2 Å². The van der Waals surface area contributed by atoms with E-state index in [0.717, 1.165) is 20.9 Å². The van der Waals surface area contributed by atoms with Crippen molar-refractivity contribution in [2.75, 3.05) is 0 Å². The molecule has 0 aliphatic carbocycles.